The number of carbonyl (C=O) groups is 2. The lowest BCUT2D eigenvalue weighted by molar-refractivity contribution is -0.122. The Labute approximate surface area is 246 Å². The van der Waals surface area contributed by atoms with E-state index < -0.39 is 11.9 Å². The van der Waals surface area contributed by atoms with Crippen LogP contribution in [0.4, 0.5) is 10.3 Å². The normalized spacial score (nSPS) is 15.9. The van der Waals surface area contributed by atoms with Gasteiger partial charge < -0.3 is 20.3 Å². The van der Waals surface area contributed by atoms with Crippen LogP contribution in [0, 0.1) is 5.82 Å². The molecule has 216 valence electrons. The van der Waals surface area contributed by atoms with Crippen molar-refractivity contribution in [1.29, 1.82) is 0 Å². The Morgan fingerprint density at radius 3 is 2.83 bits per heavy atom. The van der Waals surface area contributed by atoms with Gasteiger partial charge in [-0.05, 0) is 55.7 Å². The molecule has 0 bridgehead atoms. The Hall–Kier alpha value is -4.35. The van der Waals surface area contributed by atoms with Crippen LogP contribution in [-0.2, 0) is 16.1 Å². The summed E-state index contributed by atoms with van der Waals surface area (Å²) in [5.41, 5.74) is 3.72. The lowest BCUT2D eigenvalue weighted by atomic mass is 10.0. The number of rotatable bonds is 8. The van der Waals surface area contributed by atoms with Gasteiger partial charge in [0.05, 0.1) is 28.6 Å². The van der Waals surface area contributed by atoms with Crippen molar-refractivity contribution in [1.82, 2.24) is 30.0 Å². The standard InChI is InChI=1S/C30H29ClFN7O3/c1-18(23-14-21(32)5-6-26(23)39-10-2-9-34-39)35-27(40)17-38-16-20-4-3-19(13-24(20)29(38)41)28-25(31)15-33-30(37-28)36-22-7-11-42-12-8-22/h2-6,9-10,13-15,18,22H,7-8,11-12,16-17H2,1H3,(H,35,40)(H,33,36,37). The van der Waals surface area contributed by atoms with Crippen molar-refractivity contribution in [2.75, 3.05) is 25.1 Å². The summed E-state index contributed by atoms with van der Waals surface area (Å²) in [5.74, 6) is -0.571. The van der Waals surface area contributed by atoms with E-state index in [1.807, 2.05) is 12.1 Å². The van der Waals surface area contributed by atoms with Gasteiger partial charge in [0.15, 0.2) is 0 Å². The van der Waals surface area contributed by atoms with Gasteiger partial charge >= 0.3 is 0 Å². The predicted octanol–water partition coefficient (Wildman–Crippen LogP) is 4.55. The molecule has 1 unspecified atom stereocenters. The summed E-state index contributed by atoms with van der Waals surface area (Å²) in [6.07, 6.45) is 6.65. The minimum Gasteiger partial charge on any atom is -0.381 e. The van der Waals surface area contributed by atoms with Crippen molar-refractivity contribution in [3.05, 3.63) is 88.6 Å². The fraction of sp³-hybridized carbons (Fsp3) is 0.300. The number of hydrogen-bond acceptors (Lipinski definition) is 7. The molecule has 0 aliphatic carbocycles. The third-order valence-corrected chi connectivity index (χ3v) is 7.76. The highest BCUT2D eigenvalue weighted by Crippen LogP contribution is 2.32. The molecule has 42 heavy (non-hydrogen) atoms. The second kappa shape index (κ2) is 11.9. The molecule has 4 aromatic rings. The van der Waals surface area contributed by atoms with E-state index >= 15 is 0 Å². The molecule has 12 heteroatoms. The number of carbonyl (C=O) groups excluding carboxylic acids is 2. The Morgan fingerprint density at radius 1 is 1.21 bits per heavy atom. The SMILES string of the molecule is CC(NC(=O)CN1Cc2ccc(-c3nc(NC4CCOCC4)ncc3Cl)cc2C1=O)c1cc(F)ccc1-n1cccn1. The number of halogens is 2. The number of anilines is 1. The van der Waals surface area contributed by atoms with E-state index in [2.05, 4.69) is 25.7 Å². The maximum Gasteiger partial charge on any atom is 0.254 e. The molecule has 4 heterocycles. The van der Waals surface area contributed by atoms with Gasteiger partial charge in [-0.3, -0.25) is 9.59 Å². The van der Waals surface area contributed by atoms with Crippen LogP contribution in [0.15, 0.2) is 61.1 Å². The monoisotopic (exact) mass is 589 g/mol. The number of benzene rings is 2. The molecule has 2 aromatic heterocycles. The minimum absolute atomic E-state index is 0.146. The van der Waals surface area contributed by atoms with Crippen molar-refractivity contribution >= 4 is 29.4 Å². The molecule has 0 radical (unpaired) electrons. The van der Waals surface area contributed by atoms with Crippen molar-refractivity contribution < 1.29 is 18.7 Å². The van der Waals surface area contributed by atoms with Crippen LogP contribution in [0.3, 0.4) is 0 Å². The predicted molar refractivity (Wildman–Crippen MR) is 155 cm³/mol. The maximum atomic E-state index is 14.1. The van der Waals surface area contributed by atoms with E-state index in [0.717, 1.165) is 18.4 Å². The summed E-state index contributed by atoms with van der Waals surface area (Å²) in [4.78, 5) is 36.8. The van der Waals surface area contributed by atoms with Gasteiger partial charge in [-0.25, -0.2) is 19.0 Å². The molecule has 0 saturated carbocycles. The highest BCUT2D eigenvalue weighted by molar-refractivity contribution is 6.33. The molecule has 2 aliphatic heterocycles. The van der Waals surface area contributed by atoms with Gasteiger partial charge in [0.25, 0.3) is 5.91 Å². The number of hydrogen-bond donors (Lipinski definition) is 2. The quantitative estimate of drug-likeness (QED) is 0.310. The highest BCUT2D eigenvalue weighted by Gasteiger charge is 2.30. The first-order chi connectivity index (χ1) is 20.4. The molecular formula is C30H29ClFN7O3. The van der Waals surface area contributed by atoms with Crippen LogP contribution in [-0.4, -0.2) is 62.3 Å². The lowest BCUT2D eigenvalue weighted by Crippen LogP contribution is -2.38. The Balaban J connectivity index is 1.14. The van der Waals surface area contributed by atoms with Crippen LogP contribution in [0.1, 0.15) is 47.3 Å². The van der Waals surface area contributed by atoms with Gasteiger partial charge in [-0.1, -0.05) is 23.7 Å². The molecule has 1 atom stereocenters. The molecule has 2 N–H and O–H groups in total. The third-order valence-electron chi connectivity index (χ3n) is 7.48. The van der Waals surface area contributed by atoms with E-state index in [1.165, 1.54) is 17.0 Å². The lowest BCUT2D eigenvalue weighted by Gasteiger charge is -2.23. The van der Waals surface area contributed by atoms with Gasteiger partial charge in [-0.2, -0.15) is 5.10 Å². The number of fused-ring (bicyclic) bond motifs is 1. The zero-order chi connectivity index (χ0) is 29.2. The number of nitrogens with one attached hydrogen (secondary N) is 2. The van der Waals surface area contributed by atoms with Gasteiger partial charge in [0.1, 0.15) is 12.4 Å². The van der Waals surface area contributed by atoms with Gasteiger partial charge in [0.2, 0.25) is 11.9 Å². The van der Waals surface area contributed by atoms with Crippen LogP contribution < -0.4 is 10.6 Å². The van der Waals surface area contributed by atoms with E-state index in [1.54, 1.807) is 48.4 Å². The second-order valence-corrected chi connectivity index (χ2v) is 10.8. The number of ether oxygens (including phenoxy) is 1. The molecule has 2 aliphatic rings. The first-order valence-electron chi connectivity index (χ1n) is 13.7. The van der Waals surface area contributed by atoms with Crippen molar-refractivity contribution in [3.8, 4) is 16.9 Å². The molecule has 2 amide bonds. The van der Waals surface area contributed by atoms with E-state index in [9.17, 15) is 14.0 Å². The summed E-state index contributed by atoms with van der Waals surface area (Å²) < 4.78 is 21.1. The van der Waals surface area contributed by atoms with Gasteiger partial charge in [-0.15, -0.1) is 0 Å². The number of nitrogens with zero attached hydrogens (tertiary/aromatic N) is 5. The first kappa shape index (κ1) is 27.8. The summed E-state index contributed by atoms with van der Waals surface area (Å²) >= 11 is 6.46. The molecule has 0 spiro atoms. The summed E-state index contributed by atoms with van der Waals surface area (Å²) in [7, 11) is 0. The average Bonchev–Trinajstić information content (AvgIpc) is 3.63. The van der Waals surface area contributed by atoms with Crippen molar-refractivity contribution in [2.45, 2.75) is 38.4 Å². The fourth-order valence-corrected chi connectivity index (χ4v) is 5.53. The molecule has 6 rings (SSSR count). The fourth-order valence-electron chi connectivity index (χ4n) is 5.33. The van der Waals surface area contributed by atoms with Crippen molar-refractivity contribution in [3.63, 3.8) is 0 Å². The molecule has 1 saturated heterocycles. The maximum absolute atomic E-state index is 14.1. The Kier molecular flexibility index (Phi) is 7.86. The highest BCUT2D eigenvalue weighted by atomic mass is 35.5. The van der Waals surface area contributed by atoms with Crippen LogP contribution in [0.2, 0.25) is 5.02 Å². The molecular weight excluding hydrogens is 561 g/mol. The van der Waals surface area contributed by atoms with E-state index in [0.29, 0.717) is 58.8 Å². The van der Waals surface area contributed by atoms with Crippen LogP contribution >= 0.6 is 11.6 Å². The Bertz CT molecular complexity index is 1630. The smallest absolute Gasteiger partial charge is 0.254 e. The topological polar surface area (TPSA) is 114 Å². The molecule has 10 nitrogen and oxygen atoms in total. The van der Waals surface area contributed by atoms with E-state index in [-0.39, 0.29) is 24.4 Å². The number of amides is 2. The largest absolute Gasteiger partial charge is 0.381 e. The molecule has 2 aromatic carbocycles. The average molecular weight is 590 g/mol. The van der Waals surface area contributed by atoms with Crippen molar-refractivity contribution in [2.24, 2.45) is 0 Å². The summed E-state index contributed by atoms with van der Waals surface area (Å²) in [6, 6.07) is 11.3. The number of aromatic nitrogens is 4. The minimum atomic E-state index is -0.525. The second-order valence-electron chi connectivity index (χ2n) is 10.4. The summed E-state index contributed by atoms with van der Waals surface area (Å²) in [6.45, 7) is 3.30. The Morgan fingerprint density at radius 2 is 2.05 bits per heavy atom. The third kappa shape index (κ3) is 5.83. The summed E-state index contributed by atoms with van der Waals surface area (Å²) in [5, 5.41) is 10.8. The first-order valence-corrected chi connectivity index (χ1v) is 14.1. The zero-order valence-corrected chi connectivity index (χ0v) is 23.6. The van der Waals surface area contributed by atoms with Gasteiger partial charge in [0, 0.05) is 54.9 Å². The van der Waals surface area contributed by atoms with Crippen LogP contribution in [0.5, 0.6) is 0 Å². The van der Waals surface area contributed by atoms with Crippen LogP contribution in [0.25, 0.3) is 16.9 Å². The van der Waals surface area contributed by atoms with E-state index in [4.69, 9.17) is 16.3 Å². The molecule has 1 fully saturated rings. The zero-order valence-electron chi connectivity index (χ0n) is 22.9.